The van der Waals surface area contributed by atoms with Crippen LogP contribution in [0.25, 0.3) is 11.1 Å². The summed E-state index contributed by atoms with van der Waals surface area (Å²) in [5.41, 5.74) is 2.28. The number of hydrogen-bond acceptors (Lipinski definition) is 4. The first-order valence-corrected chi connectivity index (χ1v) is 10.8. The van der Waals surface area contributed by atoms with Crippen molar-refractivity contribution in [1.82, 2.24) is 9.55 Å². The zero-order valence-corrected chi connectivity index (χ0v) is 17.4. The molecule has 0 aliphatic carbocycles. The first kappa shape index (κ1) is 19.6. The van der Waals surface area contributed by atoms with Crippen LogP contribution in [0.2, 0.25) is 0 Å². The van der Waals surface area contributed by atoms with Gasteiger partial charge >= 0.3 is 0 Å². The van der Waals surface area contributed by atoms with Crippen molar-refractivity contribution < 1.29 is 13.5 Å². The van der Waals surface area contributed by atoms with Gasteiger partial charge in [-0.25, -0.2) is 18.8 Å². The highest BCUT2D eigenvalue weighted by molar-refractivity contribution is 7.08. The summed E-state index contributed by atoms with van der Waals surface area (Å²) in [6.45, 7) is 0.623. The highest BCUT2D eigenvalue weighted by atomic mass is 32.1. The molecule has 31 heavy (non-hydrogen) atoms. The zero-order chi connectivity index (χ0) is 21.3. The van der Waals surface area contributed by atoms with Gasteiger partial charge in [0.25, 0.3) is 0 Å². The molecule has 3 heterocycles. The van der Waals surface area contributed by atoms with Gasteiger partial charge in [-0.15, -0.1) is 0 Å². The highest BCUT2D eigenvalue weighted by Gasteiger charge is 2.39. The first-order valence-electron chi connectivity index (χ1n) is 9.86. The maximum atomic E-state index is 14.4. The van der Waals surface area contributed by atoms with E-state index < -0.39 is 17.2 Å². The first-order chi connectivity index (χ1) is 15.1. The van der Waals surface area contributed by atoms with Gasteiger partial charge in [0.05, 0.1) is 12.9 Å². The van der Waals surface area contributed by atoms with Crippen LogP contribution in [0, 0.1) is 11.6 Å². The minimum absolute atomic E-state index is 0.0176. The van der Waals surface area contributed by atoms with Crippen LogP contribution in [0.1, 0.15) is 11.1 Å². The van der Waals surface area contributed by atoms with E-state index in [1.165, 1.54) is 18.2 Å². The van der Waals surface area contributed by atoms with Crippen molar-refractivity contribution in [3.8, 4) is 11.1 Å². The maximum absolute atomic E-state index is 14.4. The van der Waals surface area contributed by atoms with Crippen molar-refractivity contribution in [3.05, 3.63) is 101 Å². The fourth-order valence-electron chi connectivity index (χ4n) is 3.84. The van der Waals surface area contributed by atoms with Crippen molar-refractivity contribution in [2.45, 2.75) is 18.5 Å². The van der Waals surface area contributed by atoms with Crippen LogP contribution in [0.5, 0.6) is 0 Å². The van der Waals surface area contributed by atoms with Crippen LogP contribution in [0.15, 0.2) is 83.0 Å². The fraction of sp³-hybridized carbons (Fsp3) is 0.167. The summed E-state index contributed by atoms with van der Waals surface area (Å²) < 4.78 is 36.6. The largest absolute Gasteiger partial charge is 0.475 e. The molecule has 4 aromatic rings. The zero-order valence-electron chi connectivity index (χ0n) is 16.5. The summed E-state index contributed by atoms with van der Waals surface area (Å²) >= 11 is 1.65. The van der Waals surface area contributed by atoms with E-state index in [-0.39, 0.29) is 18.6 Å². The van der Waals surface area contributed by atoms with Crippen LogP contribution >= 0.6 is 11.3 Å². The molecule has 5 rings (SSSR count). The van der Waals surface area contributed by atoms with Crippen LogP contribution in [0.3, 0.4) is 0 Å². The van der Waals surface area contributed by atoms with Gasteiger partial charge in [0.15, 0.2) is 0 Å². The Morgan fingerprint density at radius 3 is 2.45 bits per heavy atom. The molecule has 1 unspecified atom stereocenters. The Morgan fingerprint density at radius 1 is 1.00 bits per heavy atom. The molecule has 0 bridgehead atoms. The molecule has 0 amide bonds. The summed E-state index contributed by atoms with van der Waals surface area (Å²) in [7, 11) is 0. The Bertz CT molecular complexity index is 1180. The highest BCUT2D eigenvalue weighted by Crippen LogP contribution is 2.31. The van der Waals surface area contributed by atoms with Crippen LogP contribution in [-0.2, 0) is 17.7 Å². The van der Waals surface area contributed by atoms with Crippen LogP contribution < -0.4 is 0 Å². The molecular weight excluding hydrogens is 416 g/mol. The van der Waals surface area contributed by atoms with Gasteiger partial charge in [-0.1, -0.05) is 18.2 Å². The Labute approximate surface area is 182 Å². The molecule has 1 atom stereocenters. The molecule has 0 radical (unpaired) electrons. The Morgan fingerprint density at radius 2 is 1.77 bits per heavy atom. The predicted octanol–water partition coefficient (Wildman–Crippen LogP) is 5.35. The smallest absolute Gasteiger partial charge is 0.216 e. The maximum Gasteiger partial charge on any atom is 0.216 e. The molecule has 7 heteroatoms. The van der Waals surface area contributed by atoms with Crippen LogP contribution in [-0.4, -0.2) is 27.6 Å². The third kappa shape index (κ3) is 4.01. The average molecular weight is 435 g/mol. The second kappa shape index (κ2) is 8.07. The topological polar surface area (TPSA) is 39.4 Å². The van der Waals surface area contributed by atoms with E-state index in [0.29, 0.717) is 12.4 Å². The van der Waals surface area contributed by atoms with Crippen molar-refractivity contribution in [3.63, 3.8) is 0 Å². The number of halogens is 2. The SMILES string of the molecule is Fc1cccc(F)c1CC1(Cn2ccnc2)COC(c2ccc(-c3ccsc3)cc2)=N1. The molecule has 0 saturated carbocycles. The minimum atomic E-state index is -0.842. The number of ether oxygens (including phenoxy) is 1. The molecule has 1 aliphatic rings. The number of benzene rings is 2. The molecule has 0 saturated heterocycles. The van der Waals surface area contributed by atoms with Crippen molar-refractivity contribution >= 4 is 17.2 Å². The van der Waals surface area contributed by atoms with E-state index in [4.69, 9.17) is 9.73 Å². The van der Waals surface area contributed by atoms with Gasteiger partial charge in [-0.05, 0) is 52.2 Å². The third-order valence-electron chi connectivity index (χ3n) is 5.41. The molecular formula is C24H19F2N3OS. The molecule has 4 nitrogen and oxygen atoms in total. The second-order valence-electron chi connectivity index (χ2n) is 7.63. The lowest BCUT2D eigenvalue weighted by atomic mass is 9.91. The van der Waals surface area contributed by atoms with Gasteiger partial charge in [-0.3, -0.25) is 0 Å². The Balaban J connectivity index is 1.48. The summed E-state index contributed by atoms with van der Waals surface area (Å²) in [6, 6.07) is 13.9. The van der Waals surface area contributed by atoms with E-state index in [9.17, 15) is 8.78 Å². The van der Waals surface area contributed by atoms with Gasteiger partial charge in [0.2, 0.25) is 5.90 Å². The number of thiophene rings is 1. The minimum Gasteiger partial charge on any atom is -0.475 e. The molecule has 0 N–H and O–H groups in total. The fourth-order valence-corrected chi connectivity index (χ4v) is 4.51. The third-order valence-corrected chi connectivity index (χ3v) is 6.09. The second-order valence-corrected chi connectivity index (χ2v) is 8.41. The van der Waals surface area contributed by atoms with E-state index in [1.54, 1.807) is 23.9 Å². The molecule has 0 spiro atoms. The Hall–Kier alpha value is -3.32. The van der Waals surface area contributed by atoms with E-state index in [1.807, 2.05) is 40.4 Å². The van der Waals surface area contributed by atoms with Crippen LogP contribution in [0.4, 0.5) is 8.78 Å². The standard InChI is InChI=1S/C24H19F2N3OS/c25-21-2-1-3-22(26)20(21)12-24(14-29-10-9-27-16-29)15-30-23(28-24)18-6-4-17(5-7-18)19-8-11-31-13-19/h1-11,13,16H,12,14-15H2. The lowest BCUT2D eigenvalue weighted by molar-refractivity contribution is 0.230. The van der Waals surface area contributed by atoms with E-state index in [2.05, 4.69) is 16.4 Å². The van der Waals surface area contributed by atoms with Gasteiger partial charge in [0, 0.05) is 29.9 Å². The molecule has 0 fully saturated rings. The molecule has 156 valence electrons. The summed E-state index contributed by atoms with van der Waals surface area (Å²) in [5, 5.41) is 4.14. The summed E-state index contributed by atoms with van der Waals surface area (Å²) in [4.78, 5) is 8.92. The lowest BCUT2D eigenvalue weighted by Crippen LogP contribution is -2.37. The summed E-state index contributed by atoms with van der Waals surface area (Å²) in [6.07, 6.45) is 5.23. The van der Waals surface area contributed by atoms with Gasteiger partial charge in [-0.2, -0.15) is 11.3 Å². The predicted molar refractivity (Wildman–Crippen MR) is 117 cm³/mol. The number of aromatic nitrogens is 2. The normalized spacial score (nSPS) is 18.1. The quantitative estimate of drug-likeness (QED) is 0.410. The number of hydrogen-bond donors (Lipinski definition) is 0. The molecule has 2 aromatic heterocycles. The number of rotatable bonds is 6. The molecule has 2 aromatic carbocycles. The number of aliphatic imine (C=N–C) groups is 1. The number of nitrogens with zero attached hydrogens (tertiary/aromatic N) is 3. The lowest BCUT2D eigenvalue weighted by Gasteiger charge is -2.25. The van der Waals surface area contributed by atoms with E-state index in [0.717, 1.165) is 16.7 Å². The van der Waals surface area contributed by atoms with Crippen molar-refractivity contribution in [2.75, 3.05) is 6.61 Å². The van der Waals surface area contributed by atoms with E-state index >= 15 is 0 Å². The summed E-state index contributed by atoms with van der Waals surface area (Å²) in [5.74, 6) is -0.670. The number of imidazole rings is 1. The molecule has 1 aliphatic heterocycles. The van der Waals surface area contributed by atoms with Gasteiger partial charge < -0.3 is 9.30 Å². The monoisotopic (exact) mass is 435 g/mol. The average Bonchev–Trinajstić information content (AvgIpc) is 3.54. The van der Waals surface area contributed by atoms with Gasteiger partial charge in [0.1, 0.15) is 23.8 Å². The van der Waals surface area contributed by atoms with Crippen molar-refractivity contribution in [2.24, 2.45) is 4.99 Å². The Kier molecular flexibility index (Phi) is 5.11. The van der Waals surface area contributed by atoms with Crippen molar-refractivity contribution in [1.29, 1.82) is 0 Å².